The Morgan fingerprint density at radius 1 is 1.36 bits per heavy atom. The van der Waals surface area contributed by atoms with Gasteiger partial charge < -0.3 is 0 Å². The topological polar surface area (TPSA) is 0 Å². The second kappa shape index (κ2) is 5.17. The zero-order valence-electron chi connectivity index (χ0n) is 8.44. The summed E-state index contributed by atoms with van der Waals surface area (Å²) in [5.41, 5.74) is 3.01. The SMILES string of the molecule is C/C=C\C(=C(\C)CC)C(C)C. The van der Waals surface area contributed by atoms with Gasteiger partial charge in [0.1, 0.15) is 0 Å². The van der Waals surface area contributed by atoms with E-state index in [0.29, 0.717) is 5.92 Å². The normalized spacial score (nSPS) is 14.4. The minimum absolute atomic E-state index is 0.658. The van der Waals surface area contributed by atoms with Gasteiger partial charge in [-0.05, 0) is 31.8 Å². The Morgan fingerprint density at radius 3 is 2.18 bits per heavy atom. The highest BCUT2D eigenvalue weighted by molar-refractivity contribution is 5.25. The molecule has 0 saturated heterocycles. The number of rotatable bonds is 3. The first-order chi connectivity index (χ1) is 5.13. The lowest BCUT2D eigenvalue weighted by atomic mass is 9.96. The van der Waals surface area contributed by atoms with E-state index in [1.165, 1.54) is 11.1 Å². The van der Waals surface area contributed by atoms with E-state index in [1.54, 1.807) is 0 Å². The first-order valence-electron chi connectivity index (χ1n) is 4.45. The average Bonchev–Trinajstić information content (AvgIpc) is 1.98. The van der Waals surface area contributed by atoms with Gasteiger partial charge in [-0.1, -0.05) is 38.5 Å². The molecule has 0 aromatic carbocycles. The quantitative estimate of drug-likeness (QED) is 0.537. The van der Waals surface area contributed by atoms with Gasteiger partial charge in [0, 0.05) is 0 Å². The van der Waals surface area contributed by atoms with Crippen LogP contribution in [0.5, 0.6) is 0 Å². The molecule has 0 fully saturated rings. The lowest BCUT2D eigenvalue weighted by Crippen LogP contribution is -1.94. The Morgan fingerprint density at radius 2 is 1.91 bits per heavy atom. The molecule has 0 bridgehead atoms. The minimum Gasteiger partial charge on any atom is -0.0874 e. The van der Waals surface area contributed by atoms with E-state index < -0.39 is 0 Å². The van der Waals surface area contributed by atoms with Crippen LogP contribution in [0.1, 0.15) is 41.0 Å². The molecule has 0 rings (SSSR count). The van der Waals surface area contributed by atoms with Crippen LogP contribution >= 0.6 is 0 Å². The summed E-state index contributed by atoms with van der Waals surface area (Å²) in [5.74, 6) is 0.658. The fourth-order valence-electron chi connectivity index (χ4n) is 1.21. The molecule has 0 amide bonds. The van der Waals surface area contributed by atoms with Gasteiger partial charge in [0.2, 0.25) is 0 Å². The van der Waals surface area contributed by atoms with E-state index in [-0.39, 0.29) is 0 Å². The largest absolute Gasteiger partial charge is 0.0874 e. The lowest BCUT2D eigenvalue weighted by molar-refractivity contribution is 0.771. The standard InChI is InChI=1S/C11H20/c1-6-8-11(9(3)4)10(5)7-2/h6,8-9H,7H2,1-5H3/b8-6-,11-10+. The van der Waals surface area contributed by atoms with Crippen molar-refractivity contribution in [3.63, 3.8) is 0 Å². The van der Waals surface area contributed by atoms with Crippen molar-refractivity contribution in [2.24, 2.45) is 5.92 Å². The highest BCUT2D eigenvalue weighted by Crippen LogP contribution is 2.18. The molecule has 0 aliphatic rings. The van der Waals surface area contributed by atoms with E-state index in [0.717, 1.165) is 6.42 Å². The van der Waals surface area contributed by atoms with Gasteiger partial charge >= 0.3 is 0 Å². The maximum atomic E-state index is 2.24. The summed E-state index contributed by atoms with van der Waals surface area (Å²) in [5, 5.41) is 0. The van der Waals surface area contributed by atoms with Crippen LogP contribution in [0.2, 0.25) is 0 Å². The summed E-state index contributed by atoms with van der Waals surface area (Å²) in [6.45, 7) is 11.0. The van der Waals surface area contributed by atoms with Gasteiger partial charge in [0.25, 0.3) is 0 Å². The van der Waals surface area contributed by atoms with E-state index in [4.69, 9.17) is 0 Å². The minimum atomic E-state index is 0.658. The fraction of sp³-hybridized carbons (Fsp3) is 0.636. The van der Waals surface area contributed by atoms with Gasteiger partial charge in [-0.25, -0.2) is 0 Å². The molecule has 0 aliphatic heterocycles. The molecule has 11 heavy (non-hydrogen) atoms. The third kappa shape index (κ3) is 3.41. The summed E-state index contributed by atoms with van der Waals surface area (Å²) >= 11 is 0. The zero-order chi connectivity index (χ0) is 8.85. The van der Waals surface area contributed by atoms with Crippen molar-refractivity contribution in [3.05, 3.63) is 23.3 Å². The average molecular weight is 152 g/mol. The second-order valence-corrected chi connectivity index (χ2v) is 3.24. The van der Waals surface area contributed by atoms with Gasteiger partial charge in [-0.15, -0.1) is 0 Å². The van der Waals surface area contributed by atoms with Gasteiger partial charge in [0.05, 0.1) is 0 Å². The van der Waals surface area contributed by atoms with E-state index >= 15 is 0 Å². The third-order valence-corrected chi connectivity index (χ3v) is 1.99. The molecule has 0 N–H and O–H groups in total. The number of hydrogen-bond acceptors (Lipinski definition) is 0. The number of hydrogen-bond donors (Lipinski definition) is 0. The molecule has 0 aromatic rings. The Bertz CT molecular complexity index is 159. The maximum absolute atomic E-state index is 2.24. The molecule has 0 heteroatoms. The van der Waals surface area contributed by atoms with Crippen molar-refractivity contribution in [2.45, 2.75) is 41.0 Å². The monoisotopic (exact) mass is 152 g/mol. The predicted molar refractivity (Wildman–Crippen MR) is 52.6 cm³/mol. The molecule has 0 saturated carbocycles. The summed E-state index contributed by atoms with van der Waals surface area (Å²) in [6, 6.07) is 0. The van der Waals surface area contributed by atoms with Gasteiger partial charge in [-0.2, -0.15) is 0 Å². The third-order valence-electron chi connectivity index (χ3n) is 1.99. The first kappa shape index (κ1) is 10.5. The Kier molecular flexibility index (Phi) is 4.93. The van der Waals surface area contributed by atoms with Crippen LogP contribution in [-0.4, -0.2) is 0 Å². The van der Waals surface area contributed by atoms with Gasteiger partial charge in [-0.3, -0.25) is 0 Å². The van der Waals surface area contributed by atoms with E-state index in [1.807, 2.05) is 0 Å². The molecule has 0 spiro atoms. The van der Waals surface area contributed by atoms with Crippen molar-refractivity contribution < 1.29 is 0 Å². The molecule has 0 heterocycles. The molecular formula is C11H20. The van der Waals surface area contributed by atoms with Crippen molar-refractivity contribution in [3.8, 4) is 0 Å². The van der Waals surface area contributed by atoms with Crippen molar-refractivity contribution in [2.75, 3.05) is 0 Å². The fourth-order valence-corrected chi connectivity index (χ4v) is 1.21. The molecule has 0 aliphatic carbocycles. The van der Waals surface area contributed by atoms with Gasteiger partial charge in [0.15, 0.2) is 0 Å². The summed E-state index contributed by atoms with van der Waals surface area (Å²) in [6.07, 6.45) is 5.51. The van der Waals surface area contributed by atoms with Crippen LogP contribution in [0.3, 0.4) is 0 Å². The Balaban J connectivity index is 4.57. The van der Waals surface area contributed by atoms with Crippen LogP contribution in [0.4, 0.5) is 0 Å². The summed E-state index contributed by atoms with van der Waals surface area (Å²) < 4.78 is 0. The maximum Gasteiger partial charge on any atom is -0.0219 e. The Labute approximate surface area is 71.0 Å². The lowest BCUT2D eigenvalue weighted by Gasteiger charge is -2.10. The van der Waals surface area contributed by atoms with Crippen LogP contribution in [0.25, 0.3) is 0 Å². The zero-order valence-corrected chi connectivity index (χ0v) is 8.44. The van der Waals surface area contributed by atoms with Crippen molar-refractivity contribution in [1.82, 2.24) is 0 Å². The van der Waals surface area contributed by atoms with Crippen molar-refractivity contribution >= 4 is 0 Å². The highest BCUT2D eigenvalue weighted by atomic mass is 14.1. The molecular weight excluding hydrogens is 132 g/mol. The van der Waals surface area contributed by atoms with Crippen molar-refractivity contribution in [1.29, 1.82) is 0 Å². The molecule has 64 valence electrons. The molecule has 0 nitrogen and oxygen atoms in total. The number of allylic oxidation sites excluding steroid dienone is 4. The smallest absolute Gasteiger partial charge is 0.0219 e. The Hall–Kier alpha value is -0.520. The van der Waals surface area contributed by atoms with E-state index in [9.17, 15) is 0 Å². The van der Waals surface area contributed by atoms with Crippen LogP contribution in [-0.2, 0) is 0 Å². The molecule has 0 atom stereocenters. The van der Waals surface area contributed by atoms with E-state index in [2.05, 4.69) is 46.8 Å². The second-order valence-electron chi connectivity index (χ2n) is 3.24. The highest BCUT2D eigenvalue weighted by Gasteiger charge is 2.01. The molecule has 0 unspecified atom stereocenters. The summed E-state index contributed by atoms with van der Waals surface area (Å²) in [4.78, 5) is 0. The first-order valence-corrected chi connectivity index (χ1v) is 4.45. The summed E-state index contributed by atoms with van der Waals surface area (Å²) in [7, 11) is 0. The molecule has 0 radical (unpaired) electrons. The van der Waals surface area contributed by atoms with Crippen LogP contribution in [0, 0.1) is 5.92 Å². The molecule has 0 aromatic heterocycles. The van der Waals surface area contributed by atoms with Crippen LogP contribution in [0.15, 0.2) is 23.3 Å². The van der Waals surface area contributed by atoms with Crippen LogP contribution < -0.4 is 0 Å². The predicted octanol–water partition coefficient (Wildman–Crippen LogP) is 3.95.